The molecular formula is C31H43N15O24P6. The summed E-state index contributed by atoms with van der Waals surface area (Å²) in [4.78, 5) is 101. The van der Waals surface area contributed by atoms with Crippen LogP contribution in [-0.2, 0) is 68.1 Å². The van der Waals surface area contributed by atoms with Crippen LogP contribution in [0.15, 0.2) is 38.0 Å². The highest BCUT2D eigenvalue weighted by Crippen LogP contribution is 2.85. The van der Waals surface area contributed by atoms with E-state index in [4.69, 9.17) is 45.0 Å². The summed E-state index contributed by atoms with van der Waals surface area (Å²) in [5, 5.41) is 27.8. The van der Waals surface area contributed by atoms with E-state index in [1.165, 1.54) is 32.7 Å². The summed E-state index contributed by atoms with van der Waals surface area (Å²) in [6, 6.07) is 0. The number of fused-ring (bicyclic) bond motifs is 3. The molecule has 0 bridgehead atoms. The molecule has 0 aromatic carbocycles. The van der Waals surface area contributed by atoms with Crippen LogP contribution in [0.4, 0.5) is 17.5 Å². The molecule has 6 aromatic rings. The van der Waals surface area contributed by atoms with E-state index >= 15 is 0 Å². The standard InChI is InChI=1S/C31H43N15O24P6/c32-25-22-28(38-7-35-25)44(10-41-22)19-1-13(47)16(65-19)4-62-74(56,57)68-71(50,51)31(72(52,53)69-75(58,59)63-5-17-14(48)2-20(66-17)45-11-42-23-26(33)36-8-39-29(23)45)73(54,55)70-76(60,61)64-6-18-15(49)3-21(67-18)46-12-43-24-27(34)37-9-40-30(24)46/h7-21,31,47-49H,1-6H2,(H,50,51)(H,52,53)(H,54,55)(H,56,57)(H,58,59)(H,60,61)(H2,32,35,38)(H2,33,36,39)(H2,34,37,40)/t13-,14-,15-,16+,17+,18+,19+,20+,21+/m0/s1. The zero-order valence-corrected chi connectivity index (χ0v) is 43.3. The minimum atomic E-state index is -7.04. The molecular weight excluding hydrogens is 1150 g/mol. The lowest BCUT2D eigenvalue weighted by molar-refractivity contribution is -0.0422. The van der Waals surface area contributed by atoms with E-state index in [2.05, 4.69) is 57.8 Å². The third kappa shape index (κ3) is 11.8. The monoisotopic (exact) mass is 1200 g/mol. The van der Waals surface area contributed by atoms with Crippen molar-refractivity contribution in [3.8, 4) is 0 Å². The first kappa shape index (κ1) is 56.4. The fraction of sp³-hybridized carbons (Fsp3) is 0.516. The van der Waals surface area contributed by atoms with Gasteiger partial charge >= 0.3 is 46.3 Å². The van der Waals surface area contributed by atoms with Crippen LogP contribution < -0.4 is 17.2 Å². The number of anilines is 3. The molecule has 6 aromatic heterocycles. The van der Waals surface area contributed by atoms with Crippen molar-refractivity contribution >= 4 is 97.2 Å². The minimum Gasteiger partial charge on any atom is -0.390 e. The Morgan fingerprint density at radius 2 is 0.737 bits per heavy atom. The van der Waals surface area contributed by atoms with Crippen LogP contribution in [-0.4, -0.2) is 165 Å². The number of phosphoric acid groups is 3. The molecule has 9 rings (SSSR count). The van der Waals surface area contributed by atoms with E-state index in [1.807, 2.05) is 0 Å². The number of ether oxygens (including phenoxy) is 3. The summed E-state index contributed by atoms with van der Waals surface area (Å²) in [6.07, 6.45) is -6.50. The lowest BCUT2D eigenvalue weighted by atomic mass is 10.2. The van der Waals surface area contributed by atoms with E-state index in [0.717, 1.165) is 19.0 Å². The van der Waals surface area contributed by atoms with Crippen LogP contribution in [0.3, 0.4) is 0 Å². The highest BCUT2D eigenvalue weighted by Gasteiger charge is 2.65. The Morgan fingerprint density at radius 1 is 0.474 bits per heavy atom. The van der Waals surface area contributed by atoms with Gasteiger partial charge in [0.2, 0.25) is 0 Å². The zero-order valence-electron chi connectivity index (χ0n) is 37.9. The smallest absolute Gasteiger partial charge is 0.390 e. The van der Waals surface area contributed by atoms with Crippen molar-refractivity contribution in [1.82, 2.24) is 58.6 Å². The molecule has 45 heteroatoms. The average Bonchev–Trinajstić information content (AvgIpc) is 4.17. The first-order valence-electron chi connectivity index (χ1n) is 21.4. The second kappa shape index (κ2) is 21.1. The number of aliphatic hydroxyl groups excluding tert-OH is 3. The van der Waals surface area contributed by atoms with Gasteiger partial charge in [0.25, 0.3) is 5.14 Å². The predicted molar refractivity (Wildman–Crippen MR) is 247 cm³/mol. The van der Waals surface area contributed by atoms with Crippen molar-refractivity contribution in [1.29, 1.82) is 0 Å². The highest BCUT2D eigenvalue weighted by atomic mass is 31.3. The first-order valence-corrected chi connectivity index (χ1v) is 30.8. The molecule has 0 amide bonds. The molecule has 3 fully saturated rings. The fourth-order valence-corrected chi connectivity index (χ4v) is 20.9. The fourth-order valence-electron chi connectivity index (χ4n) is 8.05. The average molecular weight is 1200 g/mol. The summed E-state index contributed by atoms with van der Waals surface area (Å²) in [5.41, 5.74) is 18.3. The van der Waals surface area contributed by atoms with Crippen molar-refractivity contribution in [3.63, 3.8) is 0 Å². The second-order valence-electron chi connectivity index (χ2n) is 16.6. The van der Waals surface area contributed by atoms with E-state index in [1.54, 1.807) is 0 Å². The molecule has 9 heterocycles. The quantitative estimate of drug-likeness (QED) is 0.0402. The molecule has 3 saturated heterocycles. The summed E-state index contributed by atoms with van der Waals surface area (Å²) in [7, 11) is -39.9. The topological polar surface area (TPSA) is 576 Å². The SMILES string of the molecule is Nc1ncnc2c1ncn2[C@H]1C[C@H](O)[C@@H](COP(=O)(O)OP(=O)(O)C(P(=O)(O)OP(=O)(O)OC[C@H]2O[C@@H](n3cnc4c(N)ncnc43)C[C@@H]2O)P(=O)(O)OP(=O)(O)OC[C@H]2O[C@@H](n3cnc4c(N)ncnc43)C[C@@H]2O)O1. The largest absolute Gasteiger partial charge is 0.479 e. The maximum Gasteiger partial charge on any atom is 0.479 e. The second-order valence-corrected chi connectivity index (χ2v) is 28.3. The van der Waals surface area contributed by atoms with E-state index in [0.29, 0.717) is 0 Å². The Labute approximate surface area is 422 Å². The number of nitrogens with two attached hydrogens (primary N) is 3. The van der Waals surface area contributed by atoms with Crippen molar-refractivity contribution in [3.05, 3.63) is 38.0 Å². The first-order chi connectivity index (χ1) is 35.5. The Kier molecular flexibility index (Phi) is 15.6. The Bertz CT molecular complexity index is 3110. The third-order valence-electron chi connectivity index (χ3n) is 11.4. The number of aliphatic hydroxyl groups is 3. The number of rotatable bonds is 21. The molecule has 76 heavy (non-hydrogen) atoms. The maximum atomic E-state index is 14.0. The van der Waals surface area contributed by atoms with Crippen molar-refractivity contribution in [2.24, 2.45) is 0 Å². The van der Waals surface area contributed by atoms with E-state index in [9.17, 15) is 72.1 Å². The molecule has 6 unspecified atom stereocenters. The third-order valence-corrected chi connectivity index (χ3v) is 25.2. The van der Waals surface area contributed by atoms with Gasteiger partial charge in [0.05, 0.1) is 57.1 Å². The van der Waals surface area contributed by atoms with Gasteiger partial charge in [0.15, 0.2) is 34.4 Å². The van der Waals surface area contributed by atoms with Crippen molar-refractivity contribution in [2.75, 3.05) is 37.0 Å². The number of aromatic nitrogens is 12. The van der Waals surface area contributed by atoms with Gasteiger partial charge in [0.1, 0.15) is 72.5 Å². The lowest BCUT2D eigenvalue weighted by Gasteiger charge is -2.30. The molecule has 15 atom stereocenters. The highest BCUT2D eigenvalue weighted by molar-refractivity contribution is 7.91. The van der Waals surface area contributed by atoms with Gasteiger partial charge in [-0.15, -0.1) is 0 Å². The van der Waals surface area contributed by atoms with E-state index < -0.39 is 127 Å². The molecule has 0 spiro atoms. The molecule has 0 saturated carbocycles. The summed E-state index contributed by atoms with van der Waals surface area (Å²) < 4.78 is 130. The van der Waals surface area contributed by atoms with Gasteiger partial charge in [-0.25, -0.2) is 71.5 Å². The Balaban J connectivity index is 0.906. The summed E-state index contributed by atoms with van der Waals surface area (Å²) in [6.45, 7) is -3.61. The molecule has 0 aliphatic carbocycles. The lowest BCUT2D eigenvalue weighted by Crippen LogP contribution is -2.26. The number of nitrogen functional groups attached to an aromatic ring is 3. The van der Waals surface area contributed by atoms with Gasteiger partial charge in [-0.3, -0.25) is 41.0 Å². The normalized spacial score (nSPS) is 29.4. The van der Waals surface area contributed by atoms with Gasteiger partial charge < -0.3 is 76.1 Å². The van der Waals surface area contributed by atoms with Crippen LogP contribution in [0, 0.1) is 0 Å². The molecule has 416 valence electrons. The van der Waals surface area contributed by atoms with Crippen molar-refractivity contribution in [2.45, 2.75) is 79.7 Å². The predicted octanol–water partition coefficient (Wildman–Crippen LogP) is -0.562. The minimum absolute atomic E-state index is 0.0151. The zero-order chi connectivity index (χ0) is 54.9. The van der Waals surface area contributed by atoms with Crippen LogP contribution >= 0.6 is 46.3 Å². The molecule has 3 aliphatic rings. The van der Waals surface area contributed by atoms with Gasteiger partial charge in [-0.05, 0) is 0 Å². The van der Waals surface area contributed by atoms with Gasteiger partial charge in [0, 0.05) is 19.3 Å². The Hall–Kier alpha value is -4.29. The van der Waals surface area contributed by atoms with Crippen LogP contribution in [0.1, 0.15) is 37.9 Å². The van der Waals surface area contributed by atoms with Gasteiger partial charge in [-0.1, -0.05) is 0 Å². The number of hydrogen-bond donors (Lipinski definition) is 12. The van der Waals surface area contributed by atoms with Gasteiger partial charge in [-0.2, -0.15) is 0 Å². The molecule has 39 nitrogen and oxygen atoms in total. The van der Waals surface area contributed by atoms with Crippen LogP contribution in [0.25, 0.3) is 33.5 Å². The summed E-state index contributed by atoms with van der Waals surface area (Å²) >= 11 is 0. The van der Waals surface area contributed by atoms with Crippen LogP contribution in [0.2, 0.25) is 0 Å². The number of phosphoric ester groups is 3. The number of imidazole rings is 3. The van der Waals surface area contributed by atoms with Crippen LogP contribution in [0.5, 0.6) is 0 Å². The number of hydrogen-bond acceptors (Lipinski definition) is 30. The molecule has 0 radical (unpaired) electrons. The van der Waals surface area contributed by atoms with Crippen molar-refractivity contribution < 1.29 is 113 Å². The Morgan fingerprint density at radius 3 is 1.00 bits per heavy atom. The maximum absolute atomic E-state index is 14.0. The molecule has 3 aliphatic heterocycles. The van der Waals surface area contributed by atoms with E-state index in [-0.39, 0.29) is 70.2 Å². The summed E-state index contributed by atoms with van der Waals surface area (Å²) in [5.74, 6) is -0.0452. The number of nitrogens with zero attached hydrogens (tertiary/aromatic N) is 12. The molecule has 15 N–H and O–H groups in total.